The highest BCUT2D eigenvalue weighted by Gasteiger charge is 1.99. The van der Waals surface area contributed by atoms with Crippen LogP contribution in [-0.2, 0) is 9.53 Å². The van der Waals surface area contributed by atoms with Gasteiger partial charge in [0.05, 0.1) is 13.0 Å². The van der Waals surface area contributed by atoms with Crippen molar-refractivity contribution in [1.82, 2.24) is 0 Å². The molecule has 0 rings (SSSR count). The lowest BCUT2D eigenvalue weighted by atomic mass is 10.1. The van der Waals surface area contributed by atoms with Crippen LogP contribution in [0.25, 0.3) is 0 Å². The number of ether oxygens (including phenoxy) is 1. The first kappa shape index (κ1) is 15.5. The van der Waals surface area contributed by atoms with Crippen molar-refractivity contribution in [3.63, 3.8) is 0 Å². The number of rotatable bonds is 11. The number of carbonyl (C=O) groups excluding carboxylic acids is 1. The van der Waals surface area contributed by atoms with Crippen LogP contribution < -0.4 is 0 Å². The van der Waals surface area contributed by atoms with Gasteiger partial charge in [-0.15, -0.1) is 0 Å². The third-order valence-corrected chi connectivity index (χ3v) is 2.61. The number of esters is 1. The normalized spacial score (nSPS) is 10.4. The van der Waals surface area contributed by atoms with Gasteiger partial charge < -0.3 is 4.74 Å². The molecule has 0 aromatic heterocycles. The van der Waals surface area contributed by atoms with Gasteiger partial charge in [-0.25, -0.2) is 0 Å². The molecule has 0 heterocycles. The fourth-order valence-electron chi connectivity index (χ4n) is 1.63. The van der Waals surface area contributed by atoms with E-state index in [1.165, 1.54) is 44.9 Å². The molecule has 0 aromatic carbocycles. The molecule has 0 aliphatic carbocycles. The molecule has 0 amide bonds. The van der Waals surface area contributed by atoms with Crippen LogP contribution in [0.2, 0.25) is 0 Å². The Labute approximate surface area is 101 Å². The van der Waals surface area contributed by atoms with Gasteiger partial charge in [0.15, 0.2) is 0 Å². The maximum Gasteiger partial charge on any atom is 0.309 e. The summed E-state index contributed by atoms with van der Waals surface area (Å²) in [5.74, 6) is -0.162. The van der Waals surface area contributed by atoms with E-state index in [1.54, 1.807) is 6.42 Å². The zero-order valence-corrected chi connectivity index (χ0v) is 11.0. The molecule has 1 radical (unpaired) electrons. The van der Waals surface area contributed by atoms with Gasteiger partial charge in [0.1, 0.15) is 0 Å². The monoisotopic (exact) mass is 227 g/mol. The van der Waals surface area contributed by atoms with E-state index >= 15 is 0 Å². The van der Waals surface area contributed by atoms with Crippen molar-refractivity contribution >= 4 is 5.97 Å². The first-order valence-corrected chi connectivity index (χ1v) is 6.81. The van der Waals surface area contributed by atoms with Gasteiger partial charge in [-0.05, 0) is 12.8 Å². The predicted molar refractivity (Wildman–Crippen MR) is 68.2 cm³/mol. The van der Waals surface area contributed by atoms with Crippen LogP contribution in [0.15, 0.2) is 0 Å². The lowest BCUT2D eigenvalue weighted by Gasteiger charge is -2.03. The summed E-state index contributed by atoms with van der Waals surface area (Å²) in [6, 6.07) is 0. The Morgan fingerprint density at radius 2 is 1.50 bits per heavy atom. The molecule has 0 aliphatic rings. The highest BCUT2D eigenvalue weighted by atomic mass is 16.5. The summed E-state index contributed by atoms with van der Waals surface area (Å²) in [5, 5.41) is 0. The second kappa shape index (κ2) is 12.5. The number of carbonyl (C=O) groups is 1. The van der Waals surface area contributed by atoms with Crippen molar-refractivity contribution in [1.29, 1.82) is 0 Å². The van der Waals surface area contributed by atoms with Crippen molar-refractivity contribution in [2.45, 2.75) is 71.6 Å². The minimum absolute atomic E-state index is 0.162. The Morgan fingerprint density at radius 1 is 0.938 bits per heavy atom. The Morgan fingerprint density at radius 3 is 2.06 bits per heavy atom. The van der Waals surface area contributed by atoms with Crippen LogP contribution in [0.1, 0.15) is 71.6 Å². The minimum atomic E-state index is -0.162. The maximum absolute atomic E-state index is 11.0. The standard InChI is InChI=1S/C14H27O2/c1-3-5-6-7-8-9-10-11-13-16-14(15)12-4-2/h12H,3-11,13H2,1-2H3. The van der Waals surface area contributed by atoms with Crippen LogP contribution in [0.5, 0.6) is 0 Å². The van der Waals surface area contributed by atoms with Gasteiger partial charge >= 0.3 is 5.97 Å². The average Bonchev–Trinajstić information content (AvgIpc) is 2.27. The van der Waals surface area contributed by atoms with E-state index in [2.05, 4.69) is 6.92 Å². The van der Waals surface area contributed by atoms with E-state index in [-0.39, 0.29) is 5.97 Å². The average molecular weight is 227 g/mol. The molecule has 0 spiro atoms. The zero-order valence-electron chi connectivity index (χ0n) is 11.0. The van der Waals surface area contributed by atoms with Gasteiger partial charge in [-0.2, -0.15) is 0 Å². The Kier molecular flexibility index (Phi) is 12.1. The Balaban J connectivity index is 3.01. The molecule has 0 bridgehead atoms. The van der Waals surface area contributed by atoms with Crippen LogP contribution in [0, 0.1) is 6.42 Å². The van der Waals surface area contributed by atoms with Crippen LogP contribution in [-0.4, -0.2) is 12.6 Å². The zero-order chi connectivity index (χ0) is 12.1. The highest BCUT2D eigenvalue weighted by Crippen LogP contribution is 2.08. The molecule has 0 unspecified atom stereocenters. The van der Waals surface area contributed by atoms with Gasteiger partial charge in [-0.3, -0.25) is 4.79 Å². The van der Waals surface area contributed by atoms with E-state index in [4.69, 9.17) is 4.74 Å². The van der Waals surface area contributed by atoms with Crippen molar-refractivity contribution in [2.24, 2.45) is 0 Å². The second-order valence-electron chi connectivity index (χ2n) is 4.25. The fourth-order valence-corrected chi connectivity index (χ4v) is 1.63. The summed E-state index contributed by atoms with van der Waals surface area (Å²) < 4.78 is 5.03. The predicted octanol–water partition coefficient (Wildman–Crippen LogP) is 4.28. The van der Waals surface area contributed by atoms with Crippen molar-refractivity contribution in [2.75, 3.05) is 6.61 Å². The van der Waals surface area contributed by atoms with Crippen molar-refractivity contribution < 1.29 is 9.53 Å². The molecular formula is C14H27O2. The summed E-state index contributed by atoms with van der Waals surface area (Å²) in [4.78, 5) is 11.0. The minimum Gasteiger partial charge on any atom is -0.465 e. The Hall–Kier alpha value is -0.530. The molecule has 0 aliphatic heterocycles. The number of hydrogen-bond acceptors (Lipinski definition) is 2. The van der Waals surface area contributed by atoms with E-state index in [0.29, 0.717) is 6.61 Å². The summed E-state index contributed by atoms with van der Waals surface area (Å²) in [6.45, 7) is 4.77. The van der Waals surface area contributed by atoms with Gasteiger partial charge in [0.2, 0.25) is 0 Å². The Bertz CT molecular complexity index is 155. The summed E-state index contributed by atoms with van der Waals surface area (Å²) in [6.07, 6.45) is 12.6. The molecule has 0 saturated heterocycles. The third-order valence-electron chi connectivity index (χ3n) is 2.61. The molecule has 0 saturated carbocycles. The van der Waals surface area contributed by atoms with Crippen LogP contribution in [0.3, 0.4) is 0 Å². The van der Waals surface area contributed by atoms with Gasteiger partial charge in [-0.1, -0.05) is 58.8 Å². The molecule has 0 aromatic rings. The largest absolute Gasteiger partial charge is 0.465 e. The highest BCUT2D eigenvalue weighted by molar-refractivity contribution is 5.78. The number of hydrogen-bond donors (Lipinski definition) is 0. The first-order valence-electron chi connectivity index (χ1n) is 6.81. The lowest BCUT2D eigenvalue weighted by Crippen LogP contribution is -2.05. The van der Waals surface area contributed by atoms with Crippen LogP contribution in [0.4, 0.5) is 0 Å². The molecule has 2 heteroatoms. The first-order chi connectivity index (χ1) is 7.81. The lowest BCUT2D eigenvalue weighted by molar-refractivity contribution is -0.139. The van der Waals surface area contributed by atoms with E-state index in [1.807, 2.05) is 6.92 Å². The second-order valence-corrected chi connectivity index (χ2v) is 4.25. The smallest absolute Gasteiger partial charge is 0.309 e. The third kappa shape index (κ3) is 11.5. The molecular weight excluding hydrogens is 200 g/mol. The molecule has 0 fully saturated rings. The molecule has 0 N–H and O–H groups in total. The summed E-state index contributed by atoms with van der Waals surface area (Å²) >= 11 is 0. The number of unbranched alkanes of at least 4 members (excludes halogenated alkanes) is 7. The maximum atomic E-state index is 11.0. The van der Waals surface area contributed by atoms with E-state index < -0.39 is 0 Å². The van der Waals surface area contributed by atoms with E-state index in [9.17, 15) is 4.79 Å². The summed E-state index contributed by atoms with van der Waals surface area (Å²) in [7, 11) is 0. The van der Waals surface area contributed by atoms with Gasteiger partial charge in [0, 0.05) is 0 Å². The topological polar surface area (TPSA) is 26.3 Å². The molecule has 0 atom stereocenters. The van der Waals surface area contributed by atoms with Crippen molar-refractivity contribution in [3.05, 3.63) is 6.42 Å². The summed E-state index contributed by atoms with van der Waals surface area (Å²) in [5.41, 5.74) is 0. The molecule has 16 heavy (non-hydrogen) atoms. The van der Waals surface area contributed by atoms with Crippen molar-refractivity contribution in [3.8, 4) is 0 Å². The van der Waals surface area contributed by atoms with Gasteiger partial charge in [0.25, 0.3) is 0 Å². The SMILES string of the molecule is CC[CH]C(=O)OCCCCCCCCCC. The van der Waals surface area contributed by atoms with E-state index in [0.717, 1.165) is 12.8 Å². The fraction of sp³-hybridized carbons (Fsp3) is 0.857. The molecule has 2 nitrogen and oxygen atoms in total. The van der Waals surface area contributed by atoms with Crippen LogP contribution >= 0.6 is 0 Å². The quantitative estimate of drug-likeness (QED) is 0.389. The molecule has 95 valence electrons.